The quantitative estimate of drug-likeness (QED) is 0.787. The van der Waals surface area contributed by atoms with Crippen LogP contribution in [0.15, 0.2) is 28.0 Å². The lowest BCUT2D eigenvalue weighted by atomic mass is 10.3. The highest BCUT2D eigenvalue weighted by Crippen LogP contribution is 2.47. The third-order valence-corrected chi connectivity index (χ3v) is 5.60. The number of rotatable bonds is 6. The summed E-state index contributed by atoms with van der Waals surface area (Å²) in [4.78, 5) is 18.9. The van der Waals surface area contributed by atoms with Crippen LogP contribution in [-0.4, -0.2) is 42.1 Å². The molecule has 26 heavy (non-hydrogen) atoms. The van der Waals surface area contributed by atoms with E-state index in [1.165, 1.54) is 23.8 Å². The normalized spacial score (nSPS) is 23.4. The summed E-state index contributed by atoms with van der Waals surface area (Å²) >= 11 is 1.45. The van der Waals surface area contributed by atoms with Crippen LogP contribution in [-0.2, 0) is 16.1 Å². The topological polar surface area (TPSA) is 67.6 Å². The van der Waals surface area contributed by atoms with Crippen molar-refractivity contribution < 1.29 is 13.9 Å². The van der Waals surface area contributed by atoms with Crippen LogP contribution in [0.4, 0.5) is 5.13 Å². The van der Waals surface area contributed by atoms with Crippen molar-refractivity contribution in [2.24, 2.45) is 5.92 Å². The molecule has 6 nitrogen and oxygen atoms in total. The van der Waals surface area contributed by atoms with Gasteiger partial charge in [-0.3, -0.25) is 15.0 Å². The number of nitrogens with one attached hydrogen (secondary N) is 1. The number of ether oxygens (including phenoxy) is 1. The van der Waals surface area contributed by atoms with Crippen molar-refractivity contribution in [1.82, 2.24) is 9.88 Å². The van der Waals surface area contributed by atoms with E-state index < -0.39 is 0 Å². The van der Waals surface area contributed by atoms with Crippen molar-refractivity contribution in [3.8, 4) is 0 Å². The Balaban J connectivity index is 1.28. The number of hydrogen-bond acceptors (Lipinski definition) is 6. The molecule has 2 atom stereocenters. The zero-order valence-electron chi connectivity index (χ0n) is 14.8. The minimum absolute atomic E-state index is 0.199. The molecule has 2 aliphatic rings. The van der Waals surface area contributed by atoms with Crippen LogP contribution in [0.2, 0.25) is 0 Å². The molecule has 1 aliphatic heterocycles. The van der Waals surface area contributed by atoms with Crippen molar-refractivity contribution in [2.45, 2.75) is 25.8 Å². The van der Waals surface area contributed by atoms with Gasteiger partial charge in [0.05, 0.1) is 18.9 Å². The van der Waals surface area contributed by atoms with E-state index in [9.17, 15) is 4.79 Å². The molecule has 7 heteroatoms. The van der Waals surface area contributed by atoms with Gasteiger partial charge in [-0.15, -0.1) is 11.3 Å². The van der Waals surface area contributed by atoms with Crippen LogP contribution in [0.3, 0.4) is 0 Å². The molecule has 2 aromatic heterocycles. The van der Waals surface area contributed by atoms with Gasteiger partial charge >= 0.3 is 0 Å². The van der Waals surface area contributed by atoms with E-state index >= 15 is 0 Å². The van der Waals surface area contributed by atoms with Crippen molar-refractivity contribution >= 4 is 28.5 Å². The second-order valence-corrected chi connectivity index (χ2v) is 7.77. The minimum Gasteiger partial charge on any atom is -0.461 e. The van der Waals surface area contributed by atoms with E-state index in [0.717, 1.165) is 44.3 Å². The van der Waals surface area contributed by atoms with Gasteiger partial charge in [-0.05, 0) is 30.5 Å². The molecule has 1 N–H and O–H groups in total. The number of aromatic nitrogens is 1. The molecule has 2 fully saturated rings. The van der Waals surface area contributed by atoms with E-state index in [2.05, 4.69) is 22.1 Å². The summed E-state index contributed by atoms with van der Waals surface area (Å²) < 4.78 is 11.1. The van der Waals surface area contributed by atoms with Gasteiger partial charge in [0.1, 0.15) is 11.5 Å². The minimum atomic E-state index is -0.199. The Kier molecular flexibility index (Phi) is 5.19. The molecule has 0 radical (unpaired) electrons. The average Bonchev–Trinajstić information content (AvgIpc) is 3.02. The molecule has 0 aromatic carbocycles. The highest BCUT2D eigenvalue weighted by Gasteiger charge is 2.36. The SMILES string of the molecule is C[C@@H]1C[C@@H]1c1ccc(/C=C\C(=O)Nc2nc(CN3CCOCC3)cs2)o1. The number of anilines is 1. The van der Waals surface area contributed by atoms with Crippen LogP contribution in [0, 0.1) is 5.92 Å². The van der Waals surface area contributed by atoms with Gasteiger partial charge in [0.15, 0.2) is 5.13 Å². The van der Waals surface area contributed by atoms with Gasteiger partial charge in [0, 0.05) is 37.0 Å². The Hall–Kier alpha value is -1.96. The fourth-order valence-electron chi connectivity index (χ4n) is 3.11. The van der Waals surface area contributed by atoms with Crippen molar-refractivity contribution in [3.05, 3.63) is 40.8 Å². The second-order valence-electron chi connectivity index (χ2n) is 6.91. The predicted octanol–water partition coefficient (Wildman–Crippen LogP) is 3.34. The summed E-state index contributed by atoms with van der Waals surface area (Å²) in [5, 5.41) is 5.43. The number of amides is 1. The van der Waals surface area contributed by atoms with Crippen LogP contribution < -0.4 is 5.32 Å². The molecular weight excluding hydrogens is 350 g/mol. The smallest absolute Gasteiger partial charge is 0.250 e. The molecule has 1 saturated carbocycles. The van der Waals surface area contributed by atoms with E-state index in [1.807, 2.05) is 17.5 Å². The van der Waals surface area contributed by atoms with Crippen molar-refractivity contribution in [1.29, 1.82) is 0 Å². The van der Waals surface area contributed by atoms with Crippen LogP contribution in [0.25, 0.3) is 6.08 Å². The van der Waals surface area contributed by atoms with Crippen LogP contribution >= 0.6 is 11.3 Å². The molecular formula is C19H23N3O3S. The van der Waals surface area contributed by atoms with E-state index in [0.29, 0.717) is 22.7 Å². The van der Waals surface area contributed by atoms with Crippen molar-refractivity contribution in [2.75, 3.05) is 31.6 Å². The van der Waals surface area contributed by atoms with Gasteiger partial charge < -0.3 is 9.15 Å². The van der Waals surface area contributed by atoms with Gasteiger partial charge in [-0.25, -0.2) is 4.98 Å². The molecule has 3 heterocycles. The molecule has 1 amide bonds. The van der Waals surface area contributed by atoms with Gasteiger partial charge in [-0.1, -0.05) is 6.92 Å². The fraction of sp³-hybridized carbons (Fsp3) is 0.474. The van der Waals surface area contributed by atoms with Gasteiger partial charge in [0.25, 0.3) is 0 Å². The third kappa shape index (κ3) is 4.41. The van der Waals surface area contributed by atoms with Gasteiger partial charge in [0.2, 0.25) is 5.91 Å². The molecule has 0 unspecified atom stereocenters. The Morgan fingerprint density at radius 1 is 1.42 bits per heavy atom. The maximum atomic E-state index is 12.1. The van der Waals surface area contributed by atoms with Gasteiger partial charge in [-0.2, -0.15) is 0 Å². The Morgan fingerprint density at radius 2 is 2.23 bits per heavy atom. The number of carbonyl (C=O) groups excluding carboxylic acids is 1. The molecule has 2 aromatic rings. The molecule has 1 aliphatic carbocycles. The zero-order chi connectivity index (χ0) is 17.9. The lowest BCUT2D eigenvalue weighted by molar-refractivity contribution is -0.111. The highest BCUT2D eigenvalue weighted by atomic mass is 32.1. The summed E-state index contributed by atoms with van der Waals surface area (Å²) in [5.41, 5.74) is 0.977. The van der Waals surface area contributed by atoms with E-state index in [4.69, 9.17) is 9.15 Å². The standard InChI is InChI=1S/C19H23N3O3S/c1-13-10-16(13)17-4-2-15(25-17)3-5-18(23)21-19-20-14(12-26-19)11-22-6-8-24-9-7-22/h2-5,12-13,16H,6-11H2,1H3,(H,20,21,23)/b5-3-/t13-,16+/m1/s1. The van der Waals surface area contributed by atoms with E-state index in [1.54, 1.807) is 6.08 Å². The molecule has 1 saturated heterocycles. The maximum Gasteiger partial charge on any atom is 0.250 e. The summed E-state index contributed by atoms with van der Waals surface area (Å²) in [5.74, 6) is 2.78. The second kappa shape index (κ2) is 7.73. The maximum absolute atomic E-state index is 12.1. The lowest BCUT2D eigenvalue weighted by Crippen LogP contribution is -2.35. The van der Waals surface area contributed by atoms with Crippen molar-refractivity contribution in [3.63, 3.8) is 0 Å². The Labute approximate surface area is 156 Å². The average molecular weight is 373 g/mol. The zero-order valence-corrected chi connectivity index (χ0v) is 15.6. The number of morpholine rings is 1. The number of hydrogen-bond donors (Lipinski definition) is 1. The summed E-state index contributed by atoms with van der Waals surface area (Å²) in [7, 11) is 0. The number of thiazole rings is 1. The number of furan rings is 1. The third-order valence-electron chi connectivity index (χ3n) is 4.79. The molecule has 4 rings (SSSR count). The number of nitrogens with zero attached hydrogens (tertiary/aromatic N) is 2. The Morgan fingerprint density at radius 3 is 3.00 bits per heavy atom. The summed E-state index contributed by atoms with van der Waals surface area (Å²) in [6, 6.07) is 3.92. The largest absolute Gasteiger partial charge is 0.461 e. The lowest BCUT2D eigenvalue weighted by Gasteiger charge is -2.25. The first-order valence-electron chi connectivity index (χ1n) is 9.00. The first-order valence-corrected chi connectivity index (χ1v) is 9.88. The first kappa shape index (κ1) is 17.5. The van der Waals surface area contributed by atoms with Crippen LogP contribution in [0.1, 0.15) is 36.5 Å². The fourth-order valence-corrected chi connectivity index (χ4v) is 3.81. The molecule has 0 bridgehead atoms. The van der Waals surface area contributed by atoms with E-state index in [-0.39, 0.29) is 5.91 Å². The highest BCUT2D eigenvalue weighted by molar-refractivity contribution is 7.13. The van der Waals surface area contributed by atoms with Crippen LogP contribution in [0.5, 0.6) is 0 Å². The molecule has 138 valence electrons. The summed E-state index contributed by atoms with van der Waals surface area (Å²) in [6.45, 7) is 6.40. The first-order chi connectivity index (χ1) is 12.7. The predicted molar refractivity (Wildman–Crippen MR) is 101 cm³/mol. The summed E-state index contributed by atoms with van der Waals surface area (Å²) in [6.07, 6.45) is 4.38. The Bertz CT molecular complexity index is 792. The molecule has 0 spiro atoms. The number of carbonyl (C=O) groups is 1. The monoisotopic (exact) mass is 373 g/mol.